The smallest absolute Gasteiger partial charge is 0.258 e. The molecule has 19 heavy (non-hydrogen) atoms. The zero-order valence-corrected chi connectivity index (χ0v) is 11.0. The Morgan fingerprint density at radius 3 is 2.63 bits per heavy atom. The molecule has 0 unspecified atom stereocenters. The molecule has 1 aliphatic carbocycles. The first kappa shape index (κ1) is 13.7. The van der Waals surface area contributed by atoms with Gasteiger partial charge in [-0.15, -0.1) is 0 Å². The summed E-state index contributed by atoms with van der Waals surface area (Å²) in [5.41, 5.74) is -0.708. The Morgan fingerprint density at radius 1 is 1.37 bits per heavy atom. The Morgan fingerprint density at radius 2 is 2.05 bits per heavy atom. The molecule has 1 aromatic carbocycles. The van der Waals surface area contributed by atoms with Crippen LogP contribution in [0.4, 0.5) is 0 Å². The average Bonchev–Trinajstić information content (AvgIpc) is 2.41. The van der Waals surface area contributed by atoms with E-state index in [1.807, 2.05) is 12.1 Å². The van der Waals surface area contributed by atoms with E-state index in [-0.39, 0.29) is 12.5 Å². The van der Waals surface area contributed by atoms with Gasteiger partial charge in [-0.1, -0.05) is 12.1 Å². The number of rotatable bonds is 6. The second-order valence-corrected chi connectivity index (χ2v) is 4.79. The molecule has 1 aliphatic rings. The molecule has 1 amide bonds. The fourth-order valence-electron chi connectivity index (χ4n) is 1.96. The molecule has 0 saturated heterocycles. The number of carbonyl (C=O) groups excluding carboxylic acids is 1. The summed E-state index contributed by atoms with van der Waals surface area (Å²) in [5, 5.41) is 12.5. The third-order valence-corrected chi connectivity index (χ3v) is 3.33. The summed E-state index contributed by atoms with van der Waals surface area (Å²) in [6.07, 6.45) is 2.52. The van der Waals surface area contributed by atoms with Crippen molar-refractivity contribution in [1.82, 2.24) is 5.32 Å². The number of methoxy groups -OCH3 is 1. The van der Waals surface area contributed by atoms with Crippen LogP contribution in [-0.2, 0) is 4.79 Å². The maximum atomic E-state index is 11.6. The Balaban J connectivity index is 1.76. The predicted octanol–water partition coefficient (Wildman–Crippen LogP) is 1.11. The van der Waals surface area contributed by atoms with E-state index in [1.54, 1.807) is 19.2 Å². The minimum Gasteiger partial charge on any atom is -0.493 e. The maximum absolute atomic E-state index is 11.6. The third-order valence-electron chi connectivity index (χ3n) is 3.33. The van der Waals surface area contributed by atoms with Gasteiger partial charge in [0.05, 0.1) is 12.7 Å². The number of amides is 1. The molecule has 0 heterocycles. The van der Waals surface area contributed by atoms with Gasteiger partial charge in [0, 0.05) is 6.54 Å². The van der Waals surface area contributed by atoms with Gasteiger partial charge < -0.3 is 19.9 Å². The number of hydrogen-bond donors (Lipinski definition) is 2. The molecule has 5 nitrogen and oxygen atoms in total. The molecule has 104 valence electrons. The van der Waals surface area contributed by atoms with E-state index in [1.165, 1.54) is 0 Å². The highest BCUT2D eigenvalue weighted by atomic mass is 16.5. The highest BCUT2D eigenvalue weighted by Crippen LogP contribution is 2.30. The van der Waals surface area contributed by atoms with Crippen molar-refractivity contribution in [2.75, 3.05) is 20.3 Å². The van der Waals surface area contributed by atoms with Crippen LogP contribution in [-0.4, -0.2) is 36.9 Å². The van der Waals surface area contributed by atoms with Crippen molar-refractivity contribution in [3.8, 4) is 11.5 Å². The van der Waals surface area contributed by atoms with Crippen molar-refractivity contribution in [3.63, 3.8) is 0 Å². The molecule has 2 N–H and O–H groups in total. The summed E-state index contributed by atoms with van der Waals surface area (Å²) in [6, 6.07) is 7.15. The molecule has 0 aliphatic heterocycles. The number of para-hydroxylation sites is 2. The molecule has 0 aromatic heterocycles. The molecular weight excluding hydrogens is 246 g/mol. The van der Waals surface area contributed by atoms with Gasteiger partial charge in [0.15, 0.2) is 18.1 Å². The zero-order valence-electron chi connectivity index (χ0n) is 11.0. The lowest BCUT2D eigenvalue weighted by Crippen LogP contribution is -2.48. The van der Waals surface area contributed by atoms with E-state index in [2.05, 4.69) is 5.32 Å². The summed E-state index contributed by atoms with van der Waals surface area (Å²) in [4.78, 5) is 11.6. The van der Waals surface area contributed by atoms with Gasteiger partial charge in [0.1, 0.15) is 0 Å². The van der Waals surface area contributed by atoms with Crippen LogP contribution in [0.5, 0.6) is 11.5 Å². The quantitative estimate of drug-likeness (QED) is 0.808. The van der Waals surface area contributed by atoms with Gasteiger partial charge in [-0.25, -0.2) is 0 Å². The van der Waals surface area contributed by atoms with E-state index >= 15 is 0 Å². The second-order valence-electron chi connectivity index (χ2n) is 4.79. The van der Waals surface area contributed by atoms with E-state index in [0.29, 0.717) is 18.0 Å². The first-order valence-corrected chi connectivity index (χ1v) is 6.38. The fourth-order valence-corrected chi connectivity index (χ4v) is 1.96. The van der Waals surface area contributed by atoms with Crippen molar-refractivity contribution in [2.24, 2.45) is 0 Å². The molecule has 0 atom stereocenters. The normalized spacial score (nSPS) is 16.3. The molecular formula is C14H19NO4. The Hall–Kier alpha value is -1.75. The van der Waals surface area contributed by atoms with Crippen molar-refractivity contribution in [2.45, 2.75) is 24.9 Å². The van der Waals surface area contributed by atoms with Crippen molar-refractivity contribution in [3.05, 3.63) is 24.3 Å². The molecule has 5 heteroatoms. The van der Waals surface area contributed by atoms with Crippen molar-refractivity contribution < 1.29 is 19.4 Å². The van der Waals surface area contributed by atoms with Crippen LogP contribution in [0.1, 0.15) is 19.3 Å². The molecule has 2 rings (SSSR count). The van der Waals surface area contributed by atoms with Crippen LogP contribution in [0.25, 0.3) is 0 Å². The Kier molecular flexibility index (Phi) is 4.27. The highest BCUT2D eigenvalue weighted by molar-refractivity contribution is 5.77. The Bertz CT molecular complexity index is 443. The summed E-state index contributed by atoms with van der Waals surface area (Å²) in [6.45, 7) is 0.206. The van der Waals surface area contributed by atoms with Gasteiger partial charge in [-0.3, -0.25) is 4.79 Å². The Labute approximate surface area is 112 Å². The lowest BCUT2D eigenvalue weighted by atomic mass is 9.80. The number of hydrogen-bond acceptors (Lipinski definition) is 4. The van der Waals surface area contributed by atoms with Crippen LogP contribution in [0.3, 0.4) is 0 Å². The number of aliphatic hydroxyl groups is 1. The van der Waals surface area contributed by atoms with Crippen molar-refractivity contribution in [1.29, 1.82) is 0 Å². The summed E-state index contributed by atoms with van der Waals surface area (Å²) < 4.78 is 10.5. The second kappa shape index (κ2) is 5.93. The molecule has 1 aromatic rings. The SMILES string of the molecule is COc1ccccc1OCC(=O)NCC1(O)CCC1. The van der Waals surface area contributed by atoms with Crippen LogP contribution in [0.2, 0.25) is 0 Å². The van der Waals surface area contributed by atoms with Crippen molar-refractivity contribution >= 4 is 5.91 Å². The highest BCUT2D eigenvalue weighted by Gasteiger charge is 2.34. The summed E-state index contributed by atoms with van der Waals surface area (Å²) in [5.74, 6) is 0.877. The number of benzene rings is 1. The first-order chi connectivity index (χ1) is 9.13. The number of nitrogens with one attached hydrogen (secondary N) is 1. The monoisotopic (exact) mass is 265 g/mol. The standard InChI is InChI=1S/C14H19NO4/c1-18-11-5-2-3-6-12(11)19-9-13(16)15-10-14(17)7-4-8-14/h2-3,5-6,17H,4,7-10H2,1H3,(H,15,16). The molecule has 0 bridgehead atoms. The van der Waals surface area contributed by atoms with Crippen LogP contribution < -0.4 is 14.8 Å². The summed E-state index contributed by atoms with van der Waals surface area (Å²) in [7, 11) is 1.55. The first-order valence-electron chi connectivity index (χ1n) is 6.38. The molecule has 0 spiro atoms. The van der Waals surface area contributed by atoms with Crippen LogP contribution in [0.15, 0.2) is 24.3 Å². The van der Waals surface area contributed by atoms with Gasteiger partial charge in [-0.05, 0) is 31.4 Å². The average molecular weight is 265 g/mol. The topological polar surface area (TPSA) is 67.8 Å². The third kappa shape index (κ3) is 3.61. The van der Waals surface area contributed by atoms with Gasteiger partial charge in [0.25, 0.3) is 5.91 Å². The minimum atomic E-state index is -0.708. The van der Waals surface area contributed by atoms with Crippen LogP contribution in [0, 0.1) is 0 Å². The lowest BCUT2D eigenvalue weighted by Gasteiger charge is -2.36. The number of ether oxygens (including phenoxy) is 2. The van der Waals surface area contributed by atoms with E-state index in [9.17, 15) is 9.90 Å². The minimum absolute atomic E-state index is 0.0869. The van der Waals surface area contributed by atoms with E-state index in [0.717, 1.165) is 19.3 Å². The zero-order chi connectivity index (χ0) is 13.7. The fraction of sp³-hybridized carbons (Fsp3) is 0.500. The largest absolute Gasteiger partial charge is 0.493 e. The van der Waals surface area contributed by atoms with Crippen LogP contribution >= 0.6 is 0 Å². The van der Waals surface area contributed by atoms with Gasteiger partial charge in [-0.2, -0.15) is 0 Å². The maximum Gasteiger partial charge on any atom is 0.258 e. The molecule has 1 fully saturated rings. The van der Waals surface area contributed by atoms with Gasteiger partial charge >= 0.3 is 0 Å². The van der Waals surface area contributed by atoms with Gasteiger partial charge in [0.2, 0.25) is 0 Å². The van der Waals surface area contributed by atoms with E-state index in [4.69, 9.17) is 9.47 Å². The predicted molar refractivity (Wildman–Crippen MR) is 70.3 cm³/mol. The number of carbonyl (C=O) groups is 1. The van der Waals surface area contributed by atoms with E-state index < -0.39 is 5.60 Å². The lowest BCUT2D eigenvalue weighted by molar-refractivity contribution is -0.125. The molecule has 0 radical (unpaired) electrons. The summed E-state index contributed by atoms with van der Waals surface area (Å²) >= 11 is 0. The molecule has 1 saturated carbocycles.